The van der Waals surface area contributed by atoms with Crippen LogP contribution in [0.25, 0.3) is 12.2 Å². The summed E-state index contributed by atoms with van der Waals surface area (Å²) in [6, 6.07) is 6.00. The monoisotopic (exact) mass is 400 g/mol. The number of aromatic nitrogens is 2. The van der Waals surface area contributed by atoms with Gasteiger partial charge in [0.25, 0.3) is 11.1 Å². The number of rotatable bonds is 6. The molecular formula is C19H17FN4O3S. The second kappa shape index (κ2) is 8.66. The van der Waals surface area contributed by atoms with Gasteiger partial charge in [0.1, 0.15) is 5.82 Å². The Morgan fingerprint density at radius 3 is 2.82 bits per heavy atom. The van der Waals surface area contributed by atoms with E-state index < -0.39 is 17.0 Å². The van der Waals surface area contributed by atoms with E-state index in [9.17, 15) is 18.8 Å². The number of thioether (sulfide) groups is 1. The zero-order valence-corrected chi connectivity index (χ0v) is 15.8. The molecule has 0 radical (unpaired) electrons. The van der Waals surface area contributed by atoms with Crippen LogP contribution in [0.5, 0.6) is 0 Å². The highest BCUT2D eigenvalue weighted by Gasteiger charge is 2.34. The Balaban J connectivity index is 1.54. The number of nitrogens with one attached hydrogen (secondary N) is 1. The third-order valence-electron chi connectivity index (χ3n) is 3.85. The molecule has 1 aliphatic heterocycles. The quantitative estimate of drug-likeness (QED) is 0.753. The molecule has 1 aromatic heterocycles. The van der Waals surface area contributed by atoms with Crippen LogP contribution >= 0.6 is 11.8 Å². The molecule has 1 saturated heterocycles. The summed E-state index contributed by atoms with van der Waals surface area (Å²) in [7, 11) is 1.77. The lowest BCUT2D eigenvalue weighted by Gasteiger charge is -2.12. The van der Waals surface area contributed by atoms with Crippen LogP contribution < -0.4 is 5.32 Å². The van der Waals surface area contributed by atoms with Crippen LogP contribution in [0.1, 0.15) is 11.1 Å². The molecular weight excluding hydrogens is 383 g/mol. The van der Waals surface area contributed by atoms with Gasteiger partial charge in [0.15, 0.2) is 0 Å². The van der Waals surface area contributed by atoms with Crippen LogP contribution in [0.15, 0.2) is 47.6 Å². The number of halogens is 1. The molecule has 1 fully saturated rings. The predicted molar refractivity (Wildman–Crippen MR) is 104 cm³/mol. The molecule has 28 heavy (non-hydrogen) atoms. The van der Waals surface area contributed by atoms with Gasteiger partial charge >= 0.3 is 0 Å². The minimum Gasteiger partial charge on any atom is -0.351 e. The standard InChI is InChI=1S/C19H17FN4O3S/c1-23-12-13(11-22-23)6-7-17(25)21-8-9-24-18(26)16(28-19(24)27)10-14-4-2-3-5-15(14)20/h2-7,10-12H,8-9H2,1H3,(H,21,25)/b7-6+,16-10-. The zero-order chi connectivity index (χ0) is 20.1. The number of hydrogen-bond donors (Lipinski definition) is 1. The Hall–Kier alpha value is -3.20. The van der Waals surface area contributed by atoms with Crippen molar-refractivity contribution in [2.45, 2.75) is 0 Å². The topological polar surface area (TPSA) is 84.3 Å². The second-order valence-corrected chi connectivity index (χ2v) is 6.92. The van der Waals surface area contributed by atoms with Gasteiger partial charge in [-0.2, -0.15) is 5.10 Å². The summed E-state index contributed by atoms with van der Waals surface area (Å²) in [6.07, 6.45) is 7.69. The van der Waals surface area contributed by atoms with Crippen molar-refractivity contribution in [3.63, 3.8) is 0 Å². The Bertz CT molecular complexity index is 983. The summed E-state index contributed by atoms with van der Waals surface area (Å²) in [6.45, 7) is 0.146. The van der Waals surface area contributed by atoms with Crippen LogP contribution in [0, 0.1) is 5.82 Å². The van der Waals surface area contributed by atoms with Crippen molar-refractivity contribution >= 4 is 41.0 Å². The molecule has 0 atom stereocenters. The molecule has 2 aromatic rings. The maximum absolute atomic E-state index is 13.7. The van der Waals surface area contributed by atoms with E-state index in [4.69, 9.17) is 0 Å². The van der Waals surface area contributed by atoms with Crippen molar-refractivity contribution in [1.82, 2.24) is 20.0 Å². The number of hydrogen-bond acceptors (Lipinski definition) is 5. The van der Waals surface area contributed by atoms with E-state index >= 15 is 0 Å². The highest BCUT2D eigenvalue weighted by Crippen LogP contribution is 2.32. The van der Waals surface area contributed by atoms with E-state index in [0.717, 1.165) is 22.2 Å². The summed E-state index contributed by atoms with van der Waals surface area (Å²) >= 11 is 0.750. The van der Waals surface area contributed by atoms with E-state index in [1.807, 2.05) is 0 Å². The van der Waals surface area contributed by atoms with Crippen LogP contribution in [0.4, 0.5) is 9.18 Å². The number of carbonyl (C=O) groups is 3. The fourth-order valence-corrected chi connectivity index (χ4v) is 3.33. The van der Waals surface area contributed by atoms with Crippen molar-refractivity contribution in [1.29, 1.82) is 0 Å². The summed E-state index contributed by atoms with van der Waals surface area (Å²) < 4.78 is 15.3. The van der Waals surface area contributed by atoms with Crippen LogP contribution in [-0.4, -0.2) is 44.8 Å². The van der Waals surface area contributed by atoms with Crippen molar-refractivity contribution in [3.8, 4) is 0 Å². The molecule has 0 aliphatic carbocycles. The first kappa shape index (κ1) is 19.6. The molecule has 0 saturated carbocycles. The van der Waals surface area contributed by atoms with Crippen molar-refractivity contribution in [2.24, 2.45) is 7.05 Å². The van der Waals surface area contributed by atoms with Gasteiger partial charge in [0.2, 0.25) is 5.91 Å². The molecule has 7 nitrogen and oxygen atoms in total. The van der Waals surface area contributed by atoms with Gasteiger partial charge in [-0.15, -0.1) is 0 Å². The van der Waals surface area contributed by atoms with Crippen molar-refractivity contribution in [3.05, 3.63) is 64.6 Å². The smallest absolute Gasteiger partial charge is 0.293 e. The maximum atomic E-state index is 13.7. The first-order chi connectivity index (χ1) is 13.4. The normalized spacial score (nSPS) is 15.8. The molecule has 2 heterocycles. The molecule has 1 aliphatic rings. The summed E-state index contributed by atoms with van der Waals surface area (Å²) in [5, 5.41) is 6.15. The van der Waals surface area contributed by atoms with Crippen molar-refractivity contribution in [2.75, 3.05) is 13.1 Å². The summed E-state index contributed by atoms with van der Waals surface area (Å²) in [5.41, 5.74) is 1.02. The minimum absolute atomic E-state index is 0.0335. The van der Waals surface area contributed by atoms with E-state index in [-0.39, 0.29) is 29.5 Å². The fourth-order valence-electron chi connectivity index (χ4n) is 2.47. The van der Waals surface area contributed by atoms with Crippen LogP contribution in [0.3, 0.4) is 0 Å². The minimum atomic E-state index is -0.501. The number of amides is 3. The maximum Gasteiger partial charge on any atom is 0.293 e. The lowest BCUT2D eigenvalue weighted by atomic mass is 10.2. The number of nitrogens with zero attached hydrogens (tertiary/aromatic N) is 3. The number of aryl methyl sites for hydroxylation is 1. The van der Waals surface area contributed by atoms with E-state index in [0.29, 0.717) is 0 Å². The van der Waals surface area contributed by atoms with Crippen molar-refractivity contribution < 1.29 is 18.8 Å². The average Bonchev–Trinajstić information content (AvgIpc) is 3.19. The highest BCUT2D eigenvalue weighted by molar-refractivity contribution is 8.18. The molecule has 3 amide bonds. The van der Waals surface area contributed by atoms with Crippen LogP contribution in [-0.2, 0) is 16.6 Å². The van der Waals surface area contributed by atoms with Crippen LogP contribution in [0.2, 0.25) is 0 Å². The van der Waals surface area contributed by atoms with Gasteiger partial charge in [0.05, 0.1) is 11.1 Å². The first-order valence-electron chi connectivity index (χ1n) is 8.38. The Kier molecular flexibility index (Phi) is 6.05. The molecule has 3 rings (SSSR count). The molecule has 1 N–H and O–H groups in total. The molecule has 1 aromatic carbocycles. The summed E-state index contributed by atoms with van der Waals surface area (Å²) in [5.74, 6) is -1.32. The molecule has 0 unspecified atom stereocenters. The number of benzene rings is 1. The molecule has 0 spiro atoms. The Labute approximate surface area is 164 Å². The van der Waals surface area contributed by atoms with Gasteiger partial charge in [0, 0.05) is 43.5 Å². The van der Waals surface area contributed by atoms with Gasteiger partial charge in [-0.3, -0.25) is 24.0 Å². The van der Waals surface area contributed by atoms with Gasteiger partial charge in [-0.05, 0) is 30.0 Å². The second-order valence-electron chi connectivity index (χ2n) is 5.93. The van der Waals surface area contributed by atoms with E-state index in [1.54, 1.807) is 42.3 Å². The Morgan fingerprint density at radius 2 is 2.11 bits per heavy atom. The van der Waals surface area contributed by atoms with Gasteiger partial charge in [-0.1, -0.05) is 18.2 Å². The van der Waals surface area contributed by atoms with E-state index in [2.05, 4.69) is 10.4 Å². The number of carbonyl (C=O) groups excluding carboxylic acids is 3. The zero-order valence-electron chi connectivity index (χ0n) is 15.0. The van der Waals surface area contributed by atoms with E-state index in [1.165, 1.54) is 24.3 Å². The fraction of sp³-hybridized carbons (Fsp3) is 0.158. The SMILES string of the molecule is Cn1cc(/C=C/C(=O)NCCN2C(=O)S/C(=C\c3ccccc3F)C2=O)cn1. The third-order valence-corrected chi connectivity index (χ3v) is 4.76. The first-order valence-corrected chi connectivity index (χ1v) is 9.20. The lowest BCUT2D eigenvalue weighted by molar-refractivity contribution is -0.123. The van der Waals surface area contributed by atoms with Gasteiger partial charge in [-0.25, -0.2) is 4.39 Å². The Morgan fingerprint density at radius 1 is 1.32 bits per heavy atom. The molecule has 0 bridgehead atoms. The lowest BCUT2D eigenvalue weighted by Crippen LogP contribution is -2.36. The number of imide groups is 1. The predicted octanol–water partition coefficient (Wildman–Crippen LogP) is 2.43. The molecule has 9 heteroatoms. The summed E-state index contributed by atoms with van der Waals surface area (Å²) in [4.78, 5) is 37.4. The average molecular weight is 400 g/mol. The van der Waals surface area contributed by atoms with Gasteiger partial charge < -0.3 is 5.32 Å². The molecule has 144 valence electrons. The third kappa shape index (κ3) is 4.74. The largest absolute Gasteiger partial charge is 0.351 e. The highest BCUT2D eigenvalue weighted by atomic mass is 32.2.